The Kier molecular flexibility index (Phi) is 7.48. The molecule has 138 valence electrons. The minimum Gasteiger partial charge on any atom is -0.356 e. The van der Waals surface area contributed by atoms with E-state index in [-0.39, 0.29) is 17.7 Å². The number of benzene rings is 1. The lowest BCUT2D eigenvalue weighted by Gasteiger charge is -2.32. The summed E-state index contributed by atoms with van der Waals surface area (Å²) < 4.78 is 0. The third-order valence-corrected chi connectivity index (χ3v) is 5.24. The van der Waals surface area contributed by atoms with Crippen LogP contribution >= 0.6 is 0 Å². The highest BCUT2D eigenvalue weighted by Crippen LogP contribution is 2.21. The van der Waals surface area contributed by atoms with Crippen molar-refractivity contribution in [2.45, 2.75) is 59.3 Å². The molecule has 0 saturated carbocycles. The van der Waals surface area contributed by atoms with Crippen molar-refractivity contribution in [1.82, 2.24) is 10.2 Å². The van der Waals surface area contributed by atoms with Crippen LogP contribution in [0, 0.1) is 19.8 Å². The summed E-state index contributed by atoms with van der Waals surface area (Å²) >= 11 is 0. The molecule has 4 heteroatoms. The lowest BCUT2D eigenvalue weighted by Crippen LogP contribution is -2.45. The molecule has 1 unspecified atom stereocenters. The number of carbonyl (C=O) groups is 2. The first-order chi connectivity index (χ1) is 12.0. The van der Waals surface area contributed by atoms with Gasteiger partial charge in [0.05, 0.1) is 5.92 Å². The number of amides is 2. The maximum absolute atomic E-state index is 12.9. The van der Waals surface area contributed by atoms with Gasteiger partial charge in [-0.15, -0.1) is 0 Å². The molecule has 1 aromatic rings. The van der Waals surface area contributed by atoms with Crippen LogP contribution in [0.15, 0.2) is 18.2 Å². The van der Waals surface area contributed by atoms with E-state index in [1.54, 1.807) is 0 Å². The minimum absolute atomic E-state index is 0.0571. The van der Waals surface area contributed by atoms with Crippen LogP contribution in [-0.4, -0.2) is 36.3 Å². The van der Waals surface area contributed by atoms with Crippen molar-refractivity contribution in [3.05, 3.63) is 34.9 Å². The summed E-state index contributed by atoms with van der Waals surface area (Å²) in [6.45, 7) is 8.23. The van der Waals surface area contributed by atoms with Gasteiger partial charge in [-0.1, -0.05) is 38.3 Å². The van der Waals surface area contributed by atoms with Crippen LogP contribution in [0.3, 0.4) is 0 Å². The largest absolute Gasteiger partial charge is 0.356 e. The van der Waals surface area contributed by atoms with Gasteiger partial charge in [-0.05, 0) is 50.3 Å². The number of unbranched alkanes of at least 4 members (excludes halogenated alkanes) is 3. The summed E-state index contributed by atoms with van der Waals surface area (Å²) in [5, 5.41) is 3.05. The van der Waals surface area contributed by atoms with Gasteiger partial charge in [-0.25, -0.2) is 0 Å². The Morgan fingerprint density at radius 2 is 2.00 bits per heavy atom. The third kappa shape index (κ3) is 5.32. The van der Waals surface area contributed by atoms with Gasteiger partial charge in [0, 0.05) is 25.2 Å². The molecule has 0 aromatic heterocycles. The lowest BCUT2D eigenvalue weighted by atomic mass is 9.95. The summed E-state index contributed by atoms with van der Waals surface area (Å²) in [4.78, 5) is 27.1. The van der Waals surface area contributed by atoms with Gasteiger partial charge in [0.25, 0.3) is 5.91 Å². The van der Waals surface area contributed by atoms with Gasteiger partial charge in [0.2, 0.25) is 5.91 Å². The van der Waals surface area contributed by atoms with E-state index in [1.165, 1.54) is 19.3 Å². The van der Waals surface area contributed by atoms with Crippen LogP contribution in [0.5, 0.6) is 0 Å². The van der Waals surface area contributed by atoms with Crippen molar-refractivity contribution in [2.24, 2.45) is 5.92 Å². The summed E-state index contributed by atoms with van der Waals surface area (Å²) in [5.41, 5.74) is 2.93. The molecule has 2 rings (SSSR count). The van der Waals surface area contributed by atoms with E-state index in [0.717, 1.165) is 49.0 Å². The van der Waals surface area contributed by atoms with E-state index in [1.807, 2.05) is 36.9 Å². The Morgan fingerprint density at radius 1 is 1.20 bits per heavy atom. The number of aryl methyl sites for hydroxylation is 1. The van der Waals surface area contributed by atoms with Gasteiger partial charge in [-0.2, -0.15) is 0 Å². The lowest BCUT2D eigenvalue weighted by molar-refractivity contribution is -0.126. The Bertz CT molecular complexity index is 598. The number of hydrogen-bond acceptors (Lipinski definition) is 2. The van der Waals surface area contributed by atoms with Crippen LogP contribution in [0.25, 0.3) is 0 Å². The molecule has 4 nitrogen and oxygen atoms in total. The molecule has 1 aliphatic heterocycles. The number of hydrogen-bond donors (Lipinski definition) is 1. The molecule has 1 aromatic carbocycles. The Morgan fingerprint density at radius 3 is 2.76 bits per heavy atom. The molecule has 0 bridgehead atoms. The zero-order valence-electron chi connectivity index (χ0n) is 15.9. The summed E-state index contributed by atoms with van der Waals surface area (Å²) in [7, 11) is 0. The molecule has 0 spiro atoms. The highest BCUT2D eigenvalue weighted by molar-refractivity contribution is 5.96. The summed E-state index contributed by atoms with van der Waals surface area (Å²) in [5.74, 6) is 0.0885. The van der Waals surface area contributed by atoms with Gasteiger partial charge in [0.1, 0.15) is 0 Å². The van der Waals surface area contributed by atoms with Crippen molar-refractivity contribution >= 4 is 11.8 Å². The van der Waals surface area contributed by atoms with E-state index >= 15 is 0 Å². The molecule has 1 saturated heterocycles. The number of nitrogens with one attached hydrogen (secondary N) is 1. The average molecular weight is 344 g/mol. The van der Waals surface area contributed by atoms with Crippen molar-refractivity contribution in [2.75, 3.05) is 19.6 Å². The molecule has 2 amide bonds. The predicted molar refractivity (Wildman–Crippen MR) is 102 cm³/mol. The van der Waals surface area contributed by atoms with Gasteiger partial charge in [0.15, 0.2) is 0 Å². The van der Waals surface area contributed by atoms with E-state index in [9.17, 15) is 9.59 Å². The van der Waals surface area contributed by atoms with Crippen LogP contribution in [0.1, 0.15) is 66.9 Å². The van der Waals surface area contributed by atoms with E-state index in [2.05, 4.69) is 12.2 Å². The number of piperidine rings is 1. The molecule has 1 heterocycles. The van der Waals surface area contributed by atoms with E-state index < -0.39 is 0 Å². The standard InChI is InChI=1S/C21H32N2O2/c1-4-5-6-7-13-22-20(24)18-11-9-14-23(15-18)21(25)19-12-8-10-16(2)17(19)3/h8,10,12,18H,4-7,9,11,13-15H2,1-3H3,(H,22,24). The van der Waals surface area contributed by atoms with E-state index in [0.29, 0.717) is 6.54 Å². The maximum atomic E-state index is 12.9. The van der Waals surface area contributed by atoms with Crippen LogP contribution in [0.4, 0.5) is 0 Å². The van der Waals surface area contributed by atoms with Gasteiger partial charge >= 0.3 is 0 Å². The minimum atomic E-state index is -0.0750. The maximum Gasteiger partial charge on any atom is 0.254 e. The fourth-order valence-electron chi connectivity index (χ4n) is 3.44. The monoisotopic (exact) mass is 344 g/mol. The van der Waals surface area contributed by atoms with Gasteiger partial charge < -0.3 is 10.2 Å². The van der Waals surface area contributed by atoms with Crippen molar-refractivity contribution < 1.29 is 9.59 Å². The molecular weight excluding hydrogens is 312 g/mol. The fourth-order valence-corrected chi connectivity index (χ4v) is 3.44. The number of likely N-dealkylation sites (tertiary alicyclic amines) is 1. The Balaban J connectivity index is 1.90. The number of carbonyl (C=O) groups excluding carboxylic acids is 2. The predicted octanol–water partition coefficient (Wildman–Crippen LogP) is 3.85. The second kappa shape index (κ2) is 9.59. The van der Waals surface area contributed by atoms with Crippen molar-refractivity contribution in [3.63, 3.8) is 0 Å². The molecule has 25 heavy (non-hydrogen) atoms. The summed E-state index contributed by atoms with van der Waals surface area (Å²) in [6, 6.07) is 5.85. The highest BCUT2D eigenvalue weighted by atomic mass is 16.2. The molecule has 1 N–H and O–H groups in total. The third-order valence-electron chi connectivity index (χ3n) is 5.24. The van der Waals surface area contributed by atoms with Gasteiger partial charge in [-0.3, -0.25) is 9.59 Å². The number of rotatable bonds is 7. The molecule has 0 aliphatic carbocycles. The van der Waals surface area contributed by atoms with Crippen molar-refractivity contribution in [3.8, 4) is 0 Å². The Labute approximate surface area is 152 Å². The first-order valence-electron chi connectivity index (χ1n) is 9.67. The average Bonchev–Trinajstić information content (AvgIpc) is 2.63. The zero-order valence-corrected chi connectivity index (χ0v) is 15.9. The smallest absolute Gasteiger partial charge is 0.254 e. The summed E-state index contributed by atoms with van der Waals surface area (Å²) in [6.07, 6.45) is 6.39. The molecular formula is C21H32N2O2. The molecule has 1 atom stereocenters. The molecule has 1 fully saturated rings. The highest BCUT2D eigenvalue weighted by Gasteiger charge is 2.29. The topological polar surface area (TPSA) is 49.4 Å². The first kappa shape index (κ1) is 19.5. The first-order valence-corrected chi connectivity index (χ1v) is 9.67. The van der Waals surface area contributed by atoms with Crippen LogP contribution in [-0.2, 0) is 4.79 Å². The van der Waals surface area contributed by atoms with Crippen LogP contribution < -0.4 is 5.32 Å². The normalized spacial score (nSPS) is 17.4. The molecule has 0 radical (unpaired) electrons. The quantitative estimate of drug-likeness (QED) is 0.764. The SMILES string of the molecule is CCCCCCNC(=O)C1CCCN(C(=O)c2cccc(C)c2C)C1. The second-order valence-electron chi connectivity index (χ2n) is 7.19. The Hall–Kier alpha value is -1.84. The van der Waals surface area contributed by atoms with E-state index in [4.69, 9.17) is 0 Å². The second-order valence-corrected chi connectivity index (χ2v) is 7.19. The number of nitrogens with zero attached hydrogens (tertiary/aromatic N) is 1. The van der Waals surface area contributed by atoms with Crippen molar-refractivity contribution in [1.29, 1.82) is 0 Å². The fraction of sp³-hybridized carbons (Fsp3) is 0.619. The zero-order chi connectivity index (χ0) is 18.2. The molecule has 1 aliphatic rings. The van der Waals surface area contributed by atoms with Crippen LogP contribution in [0.2, 0.25) is 0 Å².